The van der Waals surface area contributed by atoms with E-state index in [2.05, 4.69) is 4.99 Å². The number of ether oxygens (including phenoxy) is 5. The number of nitrogens with zero attached hydrogens (tertiary/aromatic N) is 2. The van der Waals surface area contributed by atoms with Gasteiger partial charge in [-0.15, -0.1) is 0 Å². The second-order valence-electron chi connectivity index (χ2n) is 10.7. The lowest BCUT2D eigenvalue weighted by atomic mass is 9.75. The molecule has 230 valence electrons. The fourth-order valence-electron chi connectivity index (χ4n) is 5.48. The first kappa shape index (κ1) is 31.8. The van der Waals surface area contributed by atoms with Crippen molar-refractivity contribution < 1.29 is 38.2 Å². The van der Waals surface area contributed by atoms with E-state index in [-0.39, 0.29) is 36.9 Å². The van der Waals surface area contributed by atoms with Crippen molar-refractivity contribution in [2.75, 3.05) is 26.9 Å². The standard InChI is InChI=1S/C32H38N2O9/c1-20(43-27-10-5-6-15-41-27)18-23-11-13-26(14-12-23)40-16-17-42-32(36)29-22(3)33-21(2)28(31(35)39-4)30(29)24-8-7-9-25(19-24)34(37)38/h7-9,11-14,19-20,27-28,30H,5-6,10,15-18H2,1-4H3. The smallest absolute Gasteiger partial charge is 0.336 e. The van der Waals surface area contributed by atoms with E-state index in [0.29, 0.717) is 22.7 Å². The Bertz CT molecular complexity index is 1360. The largest absolute Gasteiger partial charge is 0.490 e. The topological polar surface area (TPSA) is 136 Å². The van der Waals surface area contributed by atoms with Crippen LogP contribution in [0.1, 0.15) is 57.1 Å². The van der Waals surface area contributed by atoms with Crippen LogP contribution in [0.5, 0.6) is 5.75 Å². The highest BCUT2D eigenvalue weighted by molar-refractivity contribution is 6.07. The van der Waals surface area contributed by atoms with Gasteiger partial charge in [-0.1, -0.05) is 24.3 Å². The predicted octanol–water partition coefficient (Wildman–Crippen LogP) is 5.31. The molecule has 2 aliphatic heterocycles. The lowest BCUT2D eigenvalue weighted by Gasteiger charge is -2.31. The number of carbonyl (C=O) groups is 2. The van der Waals surface area contributed by atoms with Gasteiger partial charge in [0, 0.05) is 36.1 Å². The summed E-state index contributed by atoms with van der Waals surface area (Å²) < 4.78 is 28.0. The Hall–Kier alpha value is -4.09. The van der Waals surface area contributed by atoms with Gasteiger partial charge in [-0.05, 0) is 69.7 Å². The second kappa shape index (κ2) is 14.9. The van der Waals surface area contributed by atoms with Gasteiger partial charge in [-0.25, -0.2) is 4.79 Å². The number of hydrogen-bond acceptors (Lipinski definition) is 10. The molecule has 2 aliphatic rings. The number of non-ortho nitro benzene ring substituents is 1. The van der Waals surface area contributed by atoms with E-state index in [1.807, 2.05) is 31.2 Å². The molecule has 2 heterocycles. The number of nitro groups is 1. The highest BCUT2D eigenvalue weighted by Gasteiger charge is 2.42. The summed E-state index contributed by atoms with van der Waals surface area (Å²) in [5.74, 6) is -2.49. The van der Waals surface area contributed by atoms with Crippen LogP contribution >= 0.6 is 0 Å². The Morgan fingerprint density at radius 1 is 1.12 bits per heavy atom. The molecule has 2 aromatic carbocycles. The third kappa shape index (κ3) is 8.26. The predicted molar refractivity (Wildman–Crippen MR) is 158 cm³/mol. The molecule has 1 fully saturated rings. The van der Waals surface area contributed by atoms with Crippen LogP contribution in [0.15, 0.2) is 64.8 Å². The van der Waals surface area contributed by atoms with Crippen LogP contribution in [-0.4, -0.2) is 61.9 Å². The molecule has 0 amide bonds. The van der Waals surface area contributed by atoms with Gasteiger partial charge in [-0.3, -0.25) is 19.9 Å². The van der Waals surface area contributed by atoms with Crippen molar-refractivity contribution >= 4 is 23.3 Å². The summed E-state index contributed by atoms with van der Waals surface area (Å²) in [5.41, 5.74) is 2.29. The normalized spacial score (nSPS) is 21.0. The first-order chi connectivity index (χ1) is 20.7. The third-order valence-electron chi connectivity index (χ3n) is 7.50. The third-order valence-corrected chi connectivity index (χ3v) is 7.50. The fraction of sp³-hybridized carbons (Fsp3) is 0.469. The highest BCUT2D eigenvalue weighted by Crippen LogP contribution is 2.41. The average molecular weight is 595 g/mol. The van der Waals surface area contributed by atoms with E-state index in [9.17, 15) is 19.7 Å². The minimum atomic E-state index is -0.948. The Morgan fingerprint density at radius 3 is 2.56 bits per heavy atom. The molecule has 0 aromatic heterocycles. The van der Waals surface area contributed by atoms with Crippen LogP contribution in [0, 0.1) is 16.0 Å². The Labute approximate surface area is 251 Å². The molecule has 0 radical (unpaired) electrons. The van der Waals surface area contributed by atoms with E-state index in [1.165, 1.54) is 25.3 Å². The maximum absolute atomic E-state index is 13.4. The zero-order valence-electron chi connectivity index (χ0n) is 24.9. The molecule has 11 heteroatoms. The highest BCUT2D eigenvalue weighted by atomic mass is 16.7. The van der Waals surface area contributed by atoms with Crippen LogP contribution in [-0.2, 0) is 35.0 Å². The zero-order valence-corrected chi connectivity index (χ0v) is 24.9. The minimum absolute atomic E-state index is 0.0181. The summed E-state index contributed by atoms with van der Waals surface area (Å²) in [4.78, 5) is 41.5. The van der Waals surface area contributed by atoms with Gasteiger partial charge in [0.2, 0.25) is 0 Å². The van der Waals surface area contributed by atoms with Crippen LogP contribution in [0.4, 0.5) is 5.69 Å². The number of hydrogen-bond donors (Lipinski definition) is 0. The van der Waals surface area contributed by atoms with E-state index in [1.54, 1.807) is 19.9 Å². The van der Waals surface area contributed by atoms with Gasteiger partial charge in [0.25, 0.3) is 5.69 Å². The molecule has 0 bridgehead atoms. The number of rotatable bonds is 12. The lowest BCUT2D eigenvalue weighted by Crippen LogP contribution is -2.36. The molecule has 0 saturated carbocycles. The van der Waals surface area contributed by atoms with Crippen LogP contribution in [0.25, 0.3) is 0 Å². The molecule has 1 saturated heterocycles. The molecule has 43 heavy (non-hydrogen) atoms. The van der Waals surface area contributed by atoms with E-state index >= 15 is 0 Å². The number of carbonyl (C=O) groups excluding carboxylic acids is 2. The fourth-order valence-corrected chi connectivity index (χ4v) is 5.48. The van der Waals surface area contributed by atoms with Crippen molar-refractivity contribution in [2.45, 2.75) is 64.8 Å². The zero-order chi connectivity index (χ0) is 30.9. The van der Waals surface area contributed by atoms with Gasteiger partial charge < -0.3 is 23.7 Å². The summed E-state index contributed by atoms with van der Waals surface area (Å²) in [6.07, 6.45) is 3.75. The maximum atomic E-state index is 13.4. The molecular formula is C32H38N2O9. The van der Waals surface area contributed by atoms with Crippen LogP contribution in [0.3, 0.4) is 0 Å². The van der Waals surface area contributed by atoms with Crippen molar-refractivity contribution in [1.29, 1.82) is 0 Å². The molecule has 2 aromatic rings. The summed E-state index contributed by atoms with van der Waals surface area (Å²) in [6.45, 7) is 6.12. The van der Waals surface area contributed by atoms with E-state index < -0.39 is 28.7 Å². The van der Waals surface area contributed by atoms with E-state index in [0.717, 1.165) is 37.9 Å². The number of allylic oxidation sites excluding steroid dienone is 1. The van der Waals surface area contributed by atoms with Crippen molar-refractivity contribution in [2.24, 2.45) is 10.9 Å². The Morgan fingerprint density at radius 2 is 1.88 bits per heavy atom. The monoisotopic (exact) mass is 594 g/mol. The molecule has 0 aliphatic carbocycles. The number of benzene rings is 2. The number of methoxy groups -OCH3 is 1. The lowest BCUT2D eigenvalue weighted by molar-refractivity contribution is -0.384. The summed E-state index contributed by atoms with van der Waals surface area (Å²) in [7, 11) is 1.24. The Kier molecular flexibility index (Phi) is 11.0. The van der Waals surface area contributed by atoms with Gasteiger partial charge in [0.1, 0.15) is 24.9 Å². The van der Waals surface area contributed by atoms with Crippen molar-refractivity contribution in [3.05, 3.63) is 81.0 Å². The SMILES string of the molecule is COC(=O)C1C(C)=NC(C)=C(C(=O)OCCOc2ccc(CC(C)OC3CCCCO3)cc2)C1c1cccc([N+](=O)[O-])c1. The van der Waals surface area contributed by atoms with Crippen molar-refractivity contribution in [3.8, 4) is 5.75 Å². The number of aliphatic imine (C=N–C) groups is 1. The summed E-state index contributed by atoms with van der Waals surface area (Å²) >= 11 is 0. The van der Waals surface area contributed by atoms with Gasteiger partial charge in [0.15, 0.2) is 6.29 Å². The second-order valence-corrected chi connectivity index (χ2v) is 10.7. The first-order valence-electron chi connectivity index (χ1n) is 14.4. The quantitative estimate of drug-likeness (QED) is 0.139. The molecule has 4 rings (SSSR count). The van der Waals surface area contributed by atoms with Crippen LogP contribution < -0.4 is 4.74 Å². The number of esters is 2. The van der Waals surface area contributed by atoms with Gasteiger partial charge >= 0.3 is 11.9 Å². The van der Waals surface area contributed by atoms with Gasteiger partial charge in [0.05, 0.1) is 23.7 Å². The van der Waals surface area contributed by atoms with E-state index in [4.69, 9.17) is 23.7 Å². The minimum Gasteiger partial charge on any atom is -0.490 e. The number of nitro benzene ring substituents is 1. The van der Waals surface area contributed by atoms with Crippen molar-refractivity contribution in [1.82, 2.24) is 0 Å². The molecule has 11 nitrogen and oxygen atoms in total. The maximum Gasteiger partial charge on any atom is 0.336 e. The molecule has 0 spiro atoms. The average Bonchev–Trinajstić information content (AvgIpc) is 2.99. The molecule has 4 atom stereocenters. The van der Waals surface area contributed by atoms with Crippen molar-refractivity contribution in [3.63, 3.8) is 0 Å². The first-order valence-corrected chi connectivity index (χ1v) is 14.4. The van der Waals surface area contributed by atoms with Crippen LogP contribution in [0.2, 0.25) is 0 Å². The molecule has 4 unspecified atom stereocenters. The Balaban J connectivity index is 1.37. The summed E-state index contributed by atoms with van der Waals surface area (Å²) in [5, 5.41) is 11.4. The molecule has 0 N–H and O–H groups in total. The summed E-state index contributed by atoms with van der Waals surface area (Å²) in [6, 6.07) is 13.5. The molecular weight excluding hydrogens is 556 g/mol. The van der Waals surface area contributed by atoms with Gasteiger partial charge in [-0.2, -0.15) is 0 Å².